The fraction of sp³-hybridized carbons (Fsp3) is 0.375. The van der Waals surface area contributed by atoms with Crippen molar-refractivity contribution in [3.05, 3.63) is 29.6 Å². The minimum Gasteiger partial charge on any atom is -0.396 e. The second-order valence-corrected chi connectivity index (χ2v) is 2.66. The van der Waals surface area contributed by atoms with E-state index in [1.54, 1.807) is 0 Å². The molecule has 0 aliphatic heterocycles. The molecule has 0 bridgehead atoms. The lowest BCUT2D eigenvalue weighted by molar-refractivity contribution is -0.0333. The van der Waals surface area contributed by atoms with Gasteiger partial charge in [-0.25, -0.2) is 17.6 Å². The first-order valence-electron chi connectivity index (χ1n) is 3.77. The average Bonchev–Trinajstić information content (AvgIpc) is 2.02. The number of halogens is 4. The largest absolute Gasteiger partial charge is 0.396 e. The van der Waals surface area contributed by atoms with E-state index in [4.69, 9.17) is 5.11 Å². The molecule has 0 saturated carbocycles. The maximum atomic E-state index is 13.0. The van der Waals surface area contributed by atoms with Gasteiger partial charge >= 0.3 is 0 Å². The van der Waals surface area contributed by atoms with Gasteiger partial charge in [0.15, 0.2) is 11.6 Å². The third-order valence-corrected chi connectivity index (χ3v) is 1.64. The number of nitrogens with zero attached hydrogens (tertiary/aromatic N) is 1. The van der Waals surface area contributed by atoms with Crippen LogP contribution in [0.15, 0.2) is 12.4 Å². The van der Waals surface area contributed by atoms with Crippen LogP contribution in [0.3, 0.4) is 0 Å². The Hall–Kier alpha value is -1.17. The summed E-state index contributed by atoms with van der Waals surface area (Å²) in [5.74, 6) is -6.54. The summed E-state index contributed by atoms with van der Waals surface area (Å²) in [6.07, 6.45) is -0.0156. The predicted molar refractivity (Wildman–Crippen MR) is 39.7 cm³/mol. The standard InChI is InChI=1S/C8H7F4NO/c9-5-3-13-4-6(10)7(5)8(11,12)1-2-14/h3-4,14H,1-2H2. The number of pyridine rings is 1. The molecule has 0 radical (unpaired) electrons. The molecule has 0 unspecified atom stereocenters. The molecule has 0 saturated heterocycles. The van der Waals surface area contributed by atoms with Crippen molar-refractivity contribution in [1.82, 2.24) is 4.98 Å². The van der Waals surface area contributed by atoms with E-state index in [2.05, 4.69) is 4.98 Å². The van der Waals surface area contributed by atoms with Gasteiger partial charge < -0.3 is 5.11 Å². The summed E-state index contributed by atoms with van der Waals surface area (Å²) in [6, 6.07) is 0. The molecule has 0 aliphatic carbocycles. The quantitative estimate of drug-likeness (QED) is 0.770. The van der Waals surface area contributed by atoms with E-state index in [-0.39, 0.29) is 0 Å². The van der Waals surface area contributed by atoms with Crippen LogP contribution in [-0.4, -0.2) is 16.7 Å². The van der Waals surface area contributed by atoms with Crippen molar-refractivity contribution in [3.8, 4) is 0 Å². The lowest BCUT2D eigenvalue weighted by Crippen LogP contribution is -2.19. The van der Waals surface area contributed by atoms with Crippen LogP contribution < -0.4 is 0 Å². The highest BCUT2D eigenvalue weighted by Crippen LogP contribution is 2.34. The van der Waals surface area contributed by atoms with Crippen LogP contribution in [-0.2, 0) is 5.92 Å². The molecule has 0 spiro atoms. The highest BCUT2D eigenvalue weighted by molar-refractivity contribution is 5.20. The summed E-state index contributed by atoms with van der Waals surface area (Å²) < 4.78 is 51.6. The van der Waals surface area contributed by atoms with Crippen LogP contribution >= 0.6 is 0 Å². The summed E-state index contributed by atoms with van der Waals surface area (Å²) in [6.45, 7) is -0.853. The van der Waals surface area contributed by atoms with Gasteiger partial charge in [0.1, 0.15) is 0 Å². The van der Waals surface area contributed by atoms with Crippen molar-refractivity contribution in [2.24, 2.45) is 0 Å². The summed E-state index contributed by atoms with van der Waals surface area (Å²) in [5, 5.41) is 8.30. The van der Waals surface area contributed by atoms with E-state index in [1.165, 1.54) is 0 Å². The zero-order valence-corrected chi connectivity index (χ0v) is 6.98. The number of aromatic nitrogens is 1. The SMILES string of the molecule is OCCC(F)(F)c1c(F)cncc1F. The number of alkyl halides is 2. The highest BCUT2D eigenvalue weighted by Gasteiger charge is 2.37. The molecule has 0 amide bonds. The molecule has 1 aromatic rings. The molecule has 1 rings (SSSR count). The summed E-state index contributed by atoms with van der Waals surface area (Å²) >= 11 is 0. The third kappa shape index (κ3) is 2.01. The minimum absolute atomic E-state index is 0.504. The normalized spacial score (nSPS) is 11.8. The van der Waals surface area contributed by atoms with Crippen molar-refractivity contribution < 1.29 is 22.7 Å². The Morgan fingerprint density at radius 2 is 1.71 bits per heavy atom. The molecule has 6 heteroatoms. The van der Waals surface area contributed by atoms with E-state index >= 15 is 0 Å². The van der Waals surface area contributed by atoms with Crippen LogP contribution in [0, 0.1) is 11.6 Å². The van der Waals surface area contributed by atoms with Gasteiger partial charge in [0.2, 0.25) is 0 Å². The number of aliphatic hydroxyl groups is 1. The second kappa shape index (κ2) is 3.91. The van der Waals surface area contributed by atoms with Crippen LogP contribution in [0.5, 0.6) is 0 Å². The number of hydrogen-bond donors (Lipinski definition) is 1. The van der Waals surface area contributed by atoms with Crippen molar-refractivity contribution >= 4 is 0 Å². The maximum Gasteiger partial charge on any atom is 0.281 e. The topological polar surface area (TPSA) is 33.1 Å². The van der Waals surface area contributed by atoms with E-state index in [1.807, 2.05) is 0 Å². The fourth-order valence-electron chi connectivity index (χ4n) is 1.03. The Labute approximate surface area is 77.2 Å². The van der Waals surface area contributed by atoms with Crippen LogP contribution in [0.25, 0.3) is 0 Å². The first-order chi connectivity index (χ1) is 6.49. The second-order valence-electron chi connectivity index (χ2n) is 2.66. The molecular formula is C8H7F4NO. The van der Waals surface area contributed by atoms with E-state index in [0.717, 1.165) is 0 Å². The Morgan fingerprint density at radius 3 is 2.14 bits per heavy atom. The molecule has 78 valence electrons. The molecule has 0 fully saturated rings. The number of rotatable bonds is 3. The first-order valence-corrected chi connectivity index (χ1v) is 3.77. The zero-order chi connectivity index (χ0) is 10.8. The van der Waals surface area contributed by atoms with Crippen molar-refractivity contribution in [2.75, 3.05) is 6.61 Å². The molecule has 1 aromatic heterocycles. The summed E-state index contributed by atoms with van der Waals surface area (Å²) in [7, 11) is 0. The lowest BCUT2D eigenvalue weighted by Gasteiger charge is -2.16. The molecule has 2 nitrogen and oxygen atoms in total. The average molecular weight is 209 g/mol. The van der Waals surface area contributed by atoms with Gasteiger partial charge in [-0.2, -0.15) is 0 Å². The summed E-state index contributed by atoms with van der Waals surface area (Å²) in [4.78, 5) is 3.07. The lowest BCUT2D eigenvalue weighted by atomic mass is 10.1. The molecule has 1 N–H and O–H groups in total. The van der Waals surface area contributed by atoms with Gasteiger partial charge in [-0.3, -0.25) is 4.98 Å². The molecule has 0 aromatic carbocycles. The number of aliphatic hydroxyl groups excluding tert-OH is 1. The van der Waals surface area contributed by atoms with Gasteiger partial charge in [0, 0.05) is 13.0 Å². The van der Waals surface area contributed by atoms with Gasteiger partial charge in [-0.15, -0.1) is 0 Å². The monoisotopic (exact) mass is 209 g/mol. The molecule has 1 heterocycles. The Morgan fingerprint density at radius 1 is 1.21 bits per heavy atom. The number of hydrogen-bond acceptors (Lipinski definition) is 2. The van der Waals surface area contributed by atoms with Gasteiger partial charge in [0.25, 0.3) is 5.92 Å². The van der Waals surface area contributed by atoms with Gasteiger partial charge in [-0.1, -0.05) is 0 Å². The Balaban J connectivity index is 3.17. The summed E-state index contributed by atoms with van der Waals surface area (Å²) in [5.41, 5.74) is -1.35. The van der Waals surface area contributed by atoms with Crippen molar-refractivity contribution in [3.63, 3.8) is 0 Å². The van der Waals surface area contributed by atoms with Crippen LogP contribution in [0.4, 0.5) is 17.6 Å². The van der Waals surface area contributed by atoms with Crippen LogP contribution in [0.2, 0.25) is 0 Å². The predicted octanol–water partition coefficient (Wildman–Crippen LogP) is 1.83. The molecule has 0 atom stereocenters. The third-order valence-electron chi connectivity index (χ3n) is 1.64. The Kier molecular flexibility index (Phi) is 3.05. The molecular weight excluding hydrogens is 202 g/mol. The van der Waals surface area contributed by atoms with E-state index in [9.17, 15) is 17.6 Å². The Bertz CT molecular complexity index is 309. The maximum absolute atomic E-state index is 13.0. The van der Waals surface area contributed by atoms with E-state index in [0.29, 0.717) is 12.4 Å². The molecule has 0 aliphatic rings. The van der Waals surface area contributed by atoms with Crippen LogP contribution in [0.1, 0.15) is 12.0 Å². The minimum atomic E-state index is -3.72. The van der Waals surface area contributed by atoms with Crippen molar-refractivity contribution in [1.29, 1.82) is 0 Å². The zero-order valence-electron chi connectivity index (χ0n) is 6.98. The van der Waals surface area contributed by atoms with Gasteiger partial charge in [0.05, 0.1) is 18.0 Å². The highest BCUT2D eigenvalue weighted by atomic mass is 19.3. The fourth-order valence-corrected chi connectivity index (χ4v) is 1.03. The van der Waals surface area contributed by atoms with E-state index < -0.39 is 36.1 Å². The first kappa shape index (κ1) is 10.9. The molecule has 14 heavy (non-hydrogen) atoms. The smallest absolute Gasteiger partial charge is 0.281 e. The van der Waals surface area contributed by atoms with Gasteiger partial charge in [-0.05, 0) is 0 Å². The van der Waals surface area contributed by atoms with Crippen molar-refractivity contribution in [2.45, 2.75) is 12.3 Å².